The summed E-state index contributed by atoms with van der Waals surface area (Å²) in [5, 5.41) is 1.01. The normalized spacial score (nSPS) is 16.2. The Bertz CT molecular complexity index is 1300. The number of halogens is 1. The van der Waals surface area contributed by atoms with E-state index in [-0.39, 0.29) is 16.9 Å². The number of amides is 1. The number of fused-ring (bicyclic) bond motifs is 1. The average molecular weight is 538 g/mol. The molecule has 188 valence electrons. The van der Waals surface area contributed by atoms with Gasteiger partial charge in [-0.05, 0) is 49.2 Å². The second kappa shape index (κ2) is 10.8. The van der Waals surface area contributed by atoms with Crippen LogP contribution in [-0.2, 0) is 14.8 Å². The van der Waals surface area contributed by atoms with Gasteiger partial charge < -0.3 is 9.47 Å². The minimum absolute atomic E-state index is 0.106. The van der Waals surface area contributed by atoms with Crippen LogP contribution in [0.3, 0.4) is 0 Å². The number of nitrogens with zero attached hydrogens (tertiary/aromatic N) is 3. The number of ether oxygens (including phenoxy) is 2. The van der Waals surface area contributed by atoms with E-state index in [1.807, 2.05) is 0 Å². The molecule has 1 aromatic heterocycles. The predicted molar refractivity (Wildman–Crippen MR) is 138 cm³/mol. The molecule has 0 aliphatic carbocycles. The van der Waals surface area contributed by atoms with Gasteiger partial charge in [0.05, 0.1) is 34.4 Å². The lowest BCUT2D eigenvalue weighted by molar-refractivity contribution is 0.0917. The second-order valence-corrected chi connectivity index (χ2v) is 11.4. The van der Waals surface area contributed by atoms with Gasteiger partial charge in [0.15, 0.2) is 5.13 Å². The van der Waals surface area contributed by atoms with Gasteiger partial charge in [-0.3, -0.25) is 9.69 Å². The molecule has 0 saturated carbocycles. The molecule has 0 radical (unpaired) electrons. The maximum atomic E-state index is 13.7. The summed E-state index contributed by atoms with van der Waals surface area (Å²) in [4.78, 5) is 20.1. The van der Waals surface area contributed by atoms with E-state index in [4.69, 9.17) is 26.1 Å². The summed E-state index contributed by atoms with van der Waals surface area (Å²) in [5.41, 5.74) is 0.949. The van der Waals surface area contributed by atoms with Gasteiger partial charge in [-0.15, -0.1) is 0 Å². The average Bonchev–Trinajstić information content (AvgIpc) is 3.54. The van der Waals surface area contributed by atoms with Crippen molar-refractivity contribution in [2.24, 2.45) is 0 Å². The Morgan fingerprint density at radius 1 is 1.20 bits per heavy atom. The standard InChI is InChI=1S/C24H28ClN3O5S2/c1-4-27(5-2)35(30,31)18-10-8-16(9-11-18)23(29)28(15-17-7-6-14-33-17)24-26-21-20(32-3)13-12-19(25)22(21)34-24/h8-13,17H,4-7,14-15H2,1-3H3. The van der Waals surface area contributed by atoms with Crippen molar-refractivity contribution in [2.75, 3.05) is 38.3 Å². The number of sulfonamides is 1. The van der Waals surface area contributed by atoms with E-state index in [0.717, 1.165) is 17.5 Å². The number of thiazole rings is 1. The molecule has 1 aliphatic heterocycles. The first-order valence-electron chi connectivity index (χ1n) is 11.5. The Balaban J connectivity index is 1.70. The summed E-state index contributed by atoms with van der Waals surface area (Å²) in [5.74, 6) is 0.281. The van der Waals surface area contributed by atoms with Gasteiger partial charge in [0.25, 0.3) is 5.91 Å². The Hall–Kier alpha value is -2.24. The molecule has 1 amide bonds. The molecule has 0 N–H and O–H groups in total. The topological polar surface area (TPSA) is 89.0 Å². The van der Waals surface area contributed by atoms with E-state index in [1.54, 1.807) is 50.1 Å². The first-order chi connectivity index (χ1) is 16.8. The highest BCUT2D eigenvalue weighted by molar-refractivity contribution is 7.89. The quantitative estimate of drug-likeness (QED) is 0.389. The number of hydrogen-bond acceptors (Lipinski definition) is 7. The van der Waals surface area contributed by atoms with E-state index in [0.29, 0.717) is 53.2 Å². The zero-order valence-corrected chi connectivity index (χ0v) is 22.3. The van der Waals surface area contributed by atoms with Crippen molar-refractivity contribution in [3.8, 4) is 5.75 Å². The van der Waals surface area contributed by atoms with Crippen molar-refractivity contribution in [2.45, 2.75) is 37.7 Å². The molecular weight excluding hydrogens is 510 g/mol. The molecule has 11 heteroatoms. The van der Waals surface area contributed by atoms with Gasteiger partial charge in [-0.1, -0.05) is 36.8 Å². The molecule has 3 aromatic rings. The summed E-state index contributed by atoms with van der Waals surface area (Å²) in [6.45, 7) is 5.32. The summed E-state index contributed by atoms with van der Waals surface area (Å²) >= 11 is 7.72. The zero-order valence-electron chi connectivity index (χ0n) is 19.9. The van der Waals surface area contributed by atoms with Crippen LogP contribution >= 0.6 is 22.9 Å². The molecular formula is C24H28ClN3O5S2. The van der Waals surface area contributed by atoms with Crippen LogP contribution in [0, 0.1) is 0 Å². The monoisotopic (exact) mass is 537 g/mol. The van der Waals surface area contributed by atoms with Crippen LogP contribution in [0.2, 0.25) is 5.02 Å². The summed E-state index contributed by atoms with van der Waals surface area (Å²) in [6.07, 6.45) is 1.68. The smallest absolute Gasteiger partial charge is 0.260 e. The minimum Gasteiger partial charge on any atom is -0.494 e. The van der Waals surface area contributed by atoms with Gasteiger partial charge in [0.1, 0.15) is 11.3 Å². The first kappa shape index (κ1) is 25.8. The van der Waals surface area contributed by atoms with Crippen molar-refractivity contribution in [1.29, 1.82) is 0 Å². The van der Waals surface area contributed by atoms with Gasteiger partial charge in [0, 0.05) is 25.3 Å². The summed E-state index contributed by atoms with van der Waals surface area (Å²) < 4.78 is 39.0. The van der Waals surface area contributed by atoms with Crippen LogP contribution in [0.15, 0.2) is 41.3 Å². The molecule has 1 saturated heterocycles. The molecule has 8 nitrogen and oxygen atoms in total. The molecule has 2 aromatic carbocycles. The minimum atomic E-state index is -3.61. The molecule has 1 atom stereocenters. The lowest BCUT2D eigenvalue weighted by Crippen LogP contribution is -2.37. The first-order valence-corrected chi connectivity index (χ1v) is 14.1. The van der Waals surface area contributed by atoms with Crippen LogP contribution in [0.4, 0.5) is 5.13 Å². The SMILES string of the molecule is CCN(CC)S(=O)(=O)c1ccc(C(=O)N(CC2CCCO2)c2nc3c(OC)ccc(Cl)c3s2)cc1. The van der Waals surface area contributed by atoms with Crippen molar-refractivity contribution in [1.82, 2.24) is 9.29 Å². The highest BCUT2D eigenvalue weighted by Crippen LogP contribution is 2.39. The van der Waals surface area contributed by atoms with Crippen molar-refractivity contribution >= 4 is 54.2 Å². The Morgan fingerprint density at radius 2 is 1.91 bits per heavy atom. The van der Waals surface area contributed by atoms with Crippen LogP contribution < -0.4 is 9.64 Å². The molecule has 1 fully saturated rings. The fraction of sp³-hybridized carbons (Fsp3) is 0.417. The van der Waals surface area contributed by atoms with Gasteiger partial charge in [0.2, 0.25) is 10.0 Å². The van der Waals surface area contributed by atoms with E-state index < -0.39 is 10.0 Å². The van der Waals surface area contributed by atoms with Crippen LogP contribution in [0.5, 0.6) is 5.75 Å². The number of aromatic nitrogens is 1. The summed E-state index contributed by atoms with van der Waals surface area (Å²) in [6, 6.07) is 9.53. The number of methoxy groups -OCH3 is 1. The molecule has 2 heterocycles. The number of hydrogen-bond donors (Lipinski definition) is 0. The number of anilines is 1. The molecule has 4 rings (SSSR count). The maximum Gasteiger partial charge on any atom is 0.260 e. The molecule has 0 bridgehead atoms. The zero-order chi connectivity index (χ0) is 25.2. The maximum absolute atomic E-state index is 13.7. The van der Waals surface area contributed by atoms with Crippen LogP contribution in [0.1, 0.15) is 37.0 Å². The molecule has 35 heavy (non-hydrogen) atoms. The van der Waals surface area contributed by atoms with Gasteiger partial charge in [-0.2, -0.15) is 4.31 Å². The molecule has 1 aliphatic rings. The van der Waals surface area contributed by atoms with Crippen molar-refractivity contribution in [3.63, 3.8) is 0 Å². The number of benzene rings is 2. The van der Waals surface area contributed by atoms with E-state index in [1.165, 1.54) is 27.8 Å². The Labute approximate surface area is 214 Å². The fourth-order valence-electron chi connectivity index (χ4n) is 4.10. The van der Waals surface area contributed by atoms with Crippen LogP contribution in [0.25, 0.3) is 10.2 Å². The number of carbonyl (C=O) groups excluding carboxylic acids is 1. The Kier molecular flexibility index (Phi) is 7.97. The third-order valence-electron chi connectivity index (χ3n) is 6.00. The van der Waals surface area contributed by atoms with E-state index in [2.05, 4.69) is 0 Å². The van der Waals surface area contributed by atoms with Gasteiger partial charge in [-0.25, -0.2) is 13.4 Å². The lowest BCUT2D eigenvalue weighted by atomic mass is 10.2. The number of rotatable bonds is 9. The third-order valence-corrected chi connectivity index (χ3v) is 9.60. The second-order valence-electron chi connectivity index (χ2n) is 8.09. The van der Waals surface area contributed by atoms with E-state index in [9.17, 15) is 13.2 Å². The highest BCUT2D eigenvalue weighted by atomic mass is 35.5. The number of carbonyl (C=O) groups is 1. The summed E-state index contributed by atoms with van der Waals surface area (Å²) in [7, 11) is -2.05. The lowest BCUT2D eigenvalue weighted by Gasteiger charge is -2.23. The highest BCUT2D eigenvalue weighted by Gasteiger charge is 2.29. The van der Waals surface area contributed by atoms with Crippen molar-refractivity contribution in [3.05, 3.63) is 47.0 Å². The molecule has 1 unspecified atom stereocenters. The Morgan fingerprint density at radius 3 is 2.51 bits per heavy atom. The van der Waals surface area contributed by atoms with Crippen LogP contribution in [-0.4, -0.2) is 63.1 Å². The predicted octanol–water partition coefficient (Wildman–Crippen LogP) is 4.81. The molecule has 0 spiro atoms. The fourth-order valence-corrected chi connectivity index (χ4v) is 6.82. The third kappa shape index (κ3) is 5.17. The van der Waals surface area contributed by atoms with Crippen molar-refractivity contribution < 1.29 is 22.7 Å². The largest absolute Gasteiger partial charge is 0.494 e. The van der Waals surface area contributed by atoms with E-state index >= 15 is 0 Å². The van der Waals surface area contributed by atoms with Gasteiger partial charge >= 0.3 is 0 Å².